The van der Waals surface area contributed by atoms with Crippen LogP contribution in [0.1, 0.15) is 82.8 Å². The molecule has 6 heteroatoms. The SMILES string of the molecule is CC(C)CCNC(=O)CCCCCOP(O)OC1CCC(c2ccccc2)(c2ccccc2)CC1. The maximum atomic E-state index is 11.8. The predicted octanol–water partition coefficient (Wildman–Crippen LogP) is 6.89. The Morgan fingerprint density at radius 2 is 1.60 bits per heavy atom. The first kappa shape index (κ1) is 27.8. The van der Waals surface area contributed by atoms with Crippen molar-refractivity contribution in [3.8, 4) is 0 Å². The number of carbonyl (C=O) groups excluding carboxylic acids is 1. The summed E-state index contributed by atoms with van der Waals surface area (Å²) in [6.45, 7) is 5.53. The zero-order valence-electron chi connectivity index (χ0n) is 21.3. The van der Waals surface area contributed by atoms with Crippen LogP contribution in [0.25, 0.3) is 0 Å². The molecule has 0 heterocycles. The normalized spacial score (nSPS) is 16.8. The van der Waals surface area contributed by atoms with E-state index >= 15 is 0 Å². The Kier molecular flexibility index (Phi) is 11.7. The van der Waals surface area contributed by atoms with Gasteiger partial charge in [0, 0.05) is 18.4 Å². The molecule has 0 radical (unpaired) electrons. The second-order valence-corrected chi connectivity index (χ2v) is 11.0. The quantitative estimate of drug-likeness (QED) is 0.219. The third-order valence-electron chi connectivity index (χ3n) is 6.97. The average Bonchev–Trinajstić information content (AvgIpc) is 2.87. The lowest BCUT2D eigenvalue weighted by Gasteiger charge is -2.41. The Bertz CT molecular complexity index is 812. The van der Waals surface area contributed by atoms with Gasteiger partial charge in [-0.15, -0.1) is 0 Å². The van der Waals surface area contributed by atoms with Crippen molar-refractivity contribution in [3.05, 3.63) is 71.8 Å². The lowest BCUT2D eigenvalue weighted by Crippen LogP contribution is -2.35. The first-order valence-corrected chi connectivity index (χ1v) is 14.3. The minimum Gasteiger partial charge on any atom is -0.356 e. The highest BCUT2D eigenvalue weighted by molar-refractivity contribution is 7.40. The van der Waals surface area contributed by atoms with Crippen LogP contribution in [0.4, 0.5) is 0 Å². The van der Waals surface area contributed by atoms with E-state index in [0.717, 1.165) is 57.9 Å². The number of carbonyl (C=O) groups is 1. The molecule has 2 N–H and O–H groups in total. The van der Waals surface area contributed by atoms with Crippen LogP contribution in [0.2, 0.25) is 0 Å². The summed E-state index contributed by atoms with van der Waals surface area (Å²) in [6, 6.07) is 21.5. The van der Waals surface area contributed by atoms with Crippen molar-refractivity contribution >= 4 is 14.5 Å². The summed E-state index contributed by atoms with van der Waals surface area (Å²) >= 11 is 0. The van der Waals surface area contributed by atoms with Crippen molar-refractivity contribution in [1.82, 2.24) is 5.32 Å². The second kappa shape index (κ2) is 14.7. The molecule has 1 amide bonds. The Balaban J connectivity index is 1.35. The molecule has 0 saturated heterocycles. The van der Waals surface area contributed by atoms with E-state index in [4.69, 9.17) is 9.05 Å². The van der Waals surface area contributed by atoms with Crippen molar-refractivity contribution in [2.24, 2.45) is 5.92 Å². The van der Waals surface area contributed by atoms with Gasteiger partial charge in [-0.05, 0) is 62.0 Å². The standard InChI is InChI=1S/C29H42NO4P/c1-24(2)19-22-30-28(31)16-10-5-11-23-33-35(32)34-27-17-20-29(21-18-27,25-12-6-3-7-13-25)26-14-8-4-9-15-26/h3-4,6-9,12-15,24,27,32H,5,10-11,16-23H2,1-2H3,(H,30,31). The molecule has 0 bridgehead atoms. The fourth-order valence-electron chi connectivity index (χ4n) is 4.90. The van der Waals surface area contributed by atoms with Crippen molar-refractivity contribution in [1.29, 1.82) is 0 Å². The van der Waals surface area contributed by atoms with Gasteiger partial charge >= 0.3 is 8.60 Å². The molecule has 0 spiro atoms. The molecule has 0 aliphatic heterocycles. The van der Waals surface area contributed by atoms with Crippen LogP contribution in [0.5, 0.6) is 0 Å². The molecule has 1 fully saturated rings. The maximum absolute atomic E-state index is 11.8. The van der Waals surface area contributed by atoms with Crippen LogP contribution in [0, 0.1) is 5.92 Å². The fourth-order valence-corrected chi connectivity index (χ4v) is 5.71. The minimum atomic E-state index is -1.87. The number of unbranched alkanes of at least 4 members (excludes halogenated alkanes) is 2. The van der Waals surface area contributed by atoms with E-state index in [1.54, 1.807) is 0 Å². The summed E-state index contributed by atoms with van der Waals surface area (Å²) in [5.74, 6) is 0.727. The van der Waals surface area contributed by atoms with E-state index in [9.17, 15) is 9.69 Å². The number of rotatable bonds is 14. The van der Waals surface area contributed by atoms with Crippen LogP contribution in [-0.2, 0) is 19.3 Å². The average molecular weight is 500 g/mol. The molecule has 5 nitrogen and oxygen atoms in total. The van der Waals surface area contributed by atoms with Gasteiger partial charge in [-0.3, -0.25) is 4.79 Å². The van der Waals surface area contributed by atoms with Crippen molar-refractivity contribution in [2.45, 2.75) is 83.2 Å². The molecule has 1 unspecified atom stereocenters. The molecule has 1 saturated carbocycles. The Hall–Kier alpha value is -1.78. The molecule has 2 aromatic rings. The van der Waals surface area contributed by atoms with E-state index in [1.807, 2.05) is 0 Å². The molecular formula is C29H42NO4P. The molecule has 0 aromatic heterocycles. The van der Waals surface area contributed by atoms with Gasteiger partial charge in [0.25, 0.3) is 0 Å². The second-order valence-electron chi connectivity index (χ2n) is 10.0. The number of amides is 1. The van der Waals surface area contributed by atoms with Gasteiger partial charge in [-0.1, -0.05) is 80.9 Å². The first-order chi connectivity index (χ1) is 17.0. The summed E-state index contributed by atoms with van der Waals surface area (Å²) in [7, 11) is -1.87. The van der Waals surface area contributed by atoms with Crippen molar-refractivity contribution in [3.63, 3.8) is 0 Å². The van der Waals surface area contributed by atoms with Gasteiger partial charge in [-0.2, -0.15) is 0 Å². The predicted molar refractivity (Wildman–Crippen MR) is 143 cm³/mol. The van der Waals surface area contributed by atoms with E-state index in [0.29, 0.717) is 18.9 Å². The molecular weight excluding hydrogens is 457 g/mol. The Labute approximate surface area is 212 Å². The molecule has 192 valence electrons. The van der Waals surface area contributed by atoms with Crippen LogP contribution >= 0.6 is 8.60 Å². The van der Waals surface area contributed by atoms with Gasteiger partial charge in [0.1, 0.15) is 0 Å². The van der Waals surface area contributed by atoms with Gasteiger partial charge in [0.15, 0.2) is 0 Å². The molecule has 35 heavy (non-hydrogen) atoms. The number of nitrogens with one attached hydrogen (secondary N) is 1. The van der Waals surface area contributed by atoms with Crippen molar-refractivity contribution in [2.75, 3.05) is 13.2 Å². The van der Waals surface area contributed by atoms with Gasteiger partial charge in [0.05, 0.1) is 12.7 Å². The maximum Gasteiger partial charge on any atom is 0.330 e. The van der Waals surface area contributed by atoms with Crippen LogP contribution in [0.15, 0.2) is 60.7 Å². The molecule has 1 aliphatic carbocycles. The Morgan fingerprint density at radius 1 is 1.00 bits per heavy atom. The third-order valence-corrected chi connectivity index (χ3v) is 7.85. The summed E-state index contributed by atoms with van der Waals surface area (Å²) in [5.41, 5.74) is 2.68. The molecule has 1 atom stereocenters. The van der Waals surface area contributed by atoms with E-state index in [1.165, 1.54) is 11.1 Å². The lowest BCUT2D eigenvalue weighted by atomic mass is 9.65. The third kappa shape index (κ3) is 8.99. The zero-order chi connectivity index (χ0) is 24.9. The fraction of sp³-hybridized carbons (Fsp3) is 0.552. The van der Waals surface area contributed by atoms with Crippen molar-refractivity contribution < 1.29 is 18.7 Å². The topological polar surface area (TPSA) is 67.8 Å². The highest BCUT2D eigenvalue weighted by Gasteiger charge is 2.39. The first-order valence-electron chi connectivity index (χ1n) is 13.2. The number of benzene rings is 2. The molecule has 2 aromatic carbocycles. The van der Waals surface area contributed by atoms with E-state index in [2.05, 4.69) is 79.8 Å². The van der Waals surface area contributed by atoms with Crippen LogP contribution in [0.3, 0.4) is 0 Å². The van der Waals surface area contributed by atoms with Gasteiger partial charge in [-0.25, -0.2) is 0 Å². The Morgan fingerprint density at radius 3 is 2.17 bits per heavy atom. The van der Waals surface area contributed by atoms with E-state index < -0.39 is 8.60 Å². The highest BCUT2D eigenvalue weighted by Crippen LogP contribution is 2.48. The summed E-state index contributed by atoms with van der Waals surface area (Å²) < 4.78 is 11.5. The van der Waals surface area contributed by atoms with Gasteiger partial charge in [0.2, 0.25) is 5.91 Å². The van der Waals surface area contributed by atoms with Crippen LogP contribution in [-0.4, -0.2) is 30.1 Å². The lowest BCUT2D eigenvalue weighted by molar-refractivity contribution is -0.121. The summed E-state index contributed by atoms with van der Waals surface area (Å²) in [4.78, 5) is 22.1. The number of hydrogen-bond donors (Lipinski definition) is 2. The molecule has 1 aliphatic rings. The monoisotopic (exact) mass is 499 g/mol. The van der Waals surface area contributed by atoms with Gasteiger partial charge < -0.3 is 19.3 Å². The summed E-state index contributed by atoms with van der Waals surface area (Å²) in [5, 5.41) is 2.97. The number of hydrogen-bond acceptors (Lipinski definition) is 4. The summed E-state index contributed by atoms with van der Waals surface area (Å²) in [6.07, 6.45) is 7.87. The largest absolute Gasteiger partial charge is 0.356 e. The zero-order valence-corrected chi connectivity index (χ0v) is 22.2. The minimum absolute atomic E-state index is 0.0114. The smallest absolute Gasteiger partial charge is 0.330 e. The molecule has 3 rings (SSSR count). The van der Waals surface area contributed by atoms with Crippen LogP contribution < -0.4 is 5.32 Å². The highest BCUT2D eigenvalue weighted by atomic mass is 31.2. The van der Waals surface area contributed by atoms with E-state index in [-0.39, 0.29) is 17.4 Å².